The van der Waals surface area contributed by atoms with Gasteiger partial charge in [0.25, 0.3) is 5.91 Å². The molecule has 152 valence electrons. The van der Waals surface area contributed by atoms with Gasteiger partial charge in [-0.05, 0) is 18.9 Å². The molecule has 1 amide bonds. The molecule has 5 heterocycles. The molecule has 9 heteroatoms. The van der Waals surface area contributed by atoms with Crippen LogP contribution in [0.5, 0.6) is 0 Å². The molecule has 0 saturated carbocycles. The molecule has 0 aromatic carbocycles. The van der Waals surface area contributed by atoms with Crippen molar-refractivity contribution < 1.29 is 18.7 Å². The molecule has 1 saturated heterocycles. The van der Waals surface area contributed by atoms with Crippen molar-refractivity contribution in [3.63, 3.8) is 0 Å². The smallest absolute Gasteiger partial charge is 0.254 e. The van der Waals surface area contributed by atoms with Crippen LogP contribution in [0.3, 0.4) is 0 Å². The average Bonchev–Trinajstić information content (AvgIpc) is 3.31. The molecule has 2 atom stereocenters. The van der Waals surface area contributed by atoms with Crippen molar-refractivity contribution in [1.82, 2.24) is 14.9 Å². The molecular formula is C20H22FN5O3. The Morgan fingerprint density at radius 1 is 1.38 bits per heavy atom. The van der Waals surface area contributed by atoms with Gasteiger partial charge in [-0.1, -0.05) is 0 Å². The second-order valence-electron chi connectivity index (χ2n) is 7.77. The summed E-state index contributed by atoms with van der Waals surface area (Å²) in [4.78, 5) is 29.1. The van der Waals surface area contributed by atoms with Crippen molar-refractivity contribution in [2.45, 2.75) is 44.4 Å². The summed E-state index contributed by atoms with van der Waals surface area (Å²) >= 11 is 0. The highest BCUT2D eigenvalue weighted by Gasteiger charge is 2.33. The first-order chi connectivity index (χ1) is 14.0. The van der Waals surface area contributed by atoms with Crippen LogP contribution in [0, 0.1) is 5.82 Å². The molecule has 3 aliphatic heterocycles. The zero-order valence-corrected chi connectivity index (χ0v) is 15.8. The molecule has 0 unspecified atom stereocenters. The molecule has 2 aromatic rings. The van der Waals surface area contributed by atoms with E-state index in [4.69, 9.17) is 10.5 Å². The van der Waals surface area contributed by atoms with Gasteiger partial charge in [0.05, 0.1) is 23.6 Å². The fraction of sp³-hybridized carbons (Fsp3) is 0.450. The van der Waals surface area contributed by atoms with Crippen molar-refractivity contribution >= 4 is 17.5 Å². The number of aromatic nitrogens is 2. The lowest BCUT2D eigenvalue weighted by Gasteiger charge is -2.30. The Bertz CT molecular complexity index is 1020. The van der Waals surface area contributed by atoms with Crippen LogP contribution in [0.15, 0.2) is 12.3 Å². The molecule has 3 aliphatic rings. The molecule has 8 nitrogen and oxygen atoms in total. The van der Waals surface area contributed by atoms with E-state index in [0.29, 0.717) is 48.6 Å². The fourth-order valence-electron chi connectivity index (χ4n) is 4.30. The molecule has 4 N–H and O–H groups in total. The first kappa shape index (κ1) is 18.3. The van der Waals surface area contributed by atoms with Crippen molar-refractivity contribution in [3.8, 4) is 11.3 Å². The number of hydrogen-bond acceptors (Lipinski definition) is 6. The predicted molar refractivity (Wildman–Crippen MR) is 103 cm³/mol. The number of fused-ring (bicyclic) bond motifs is 2. The summed E-state index contributed by atoms with van der Waals surface area (Å²) in [6, 6.07) is 1.30. The summed E-state index contributed by atoms with van der Waals surface area (Å²) in [5, 5.41) is 5.80. The highest BCUT2D eigenvalue weighted by Crippen LogP contribution is 2.35. The Morgan fingerprint density at radius 3 is 3.03 bits per heavy atom. The molecule has 0 radical (unpaired) electrons. The van der Waals surface area contributed by atoms with Crippen LogP contribution in [0.2, 0.25) is 0 Å². The van der Waals surface area contributed by atoms with Gasteiger partial charge in [-0.2, -0.15) is 0 Å². The molecular weight excluding hydrogens is 377 g/mol. The monoisotopic (exact) mass is 399 g/mol. The minimum Gasteiger partial charge on any atom is -0.380 e. The van der Waals surface area contributed by atoms with E-state index in [9.17, 15) is 9.59 Å². The van der Waals surface area contributed by atoms with E-state index in [1.54, 1.807) is 6.07 Å². The van der Waals surface area contributed by atoms with Crippen LogP contribution < -0.4 is 16.4 Å². The molecule has 1 fully saturated rings. The number of nitrogens with zero attached hydrogens (tertiary/aromatic N) is 2. The summed E-state index contributed by atoms with van der Waals surface area (Å²) in [6.45, 7) is 1.78. The number of nitrogens with one attached hydrogen (secondary N) is 2. The lowest BCUT2D eigenvalue weighted by molar-refractivity contribution is 0.0751. The van der Waals surface area contributed by atoms with Crippen molar-refractivity contribution in [1.29, 1.82) is 0 Å². The second-order valence-corrected chi connectivity index (χ2v) is 7.77. The maximum absolute atomic E-state index is 15.2. The third kappa shape index (κ3) is 3.01. The van der Waals surface area contributed by atoms with Crippen LogP contribution in [0.4, 0.5) is 10.2 Å². The summed E-state index contributed by atoms with van der Waals surface area (Å²) in [5.41, 5.74) is 8.25. The summed E-state index contributed by atoms with van der Waals surface area (Å²) in [5.74, 6) is -0.752. The van der Waals surface area contributed by atoms with Gasteiger partial charge in [0.15, 0.2) is 17.4 Å². The van der Waals surface area contributed by atoms with Crippen molar-refractivity contribution in [2.75, 3.05) is 18.5 Å². The third-order valence-corrected chi connectivity index (χ3v) is 5.87. The van der Waals surface area contributed by atoms with Crippen LogP contribution in [0.25, 0.3) is 11.3 Å². The van der Waals surface area contributed by atoms with Crippen molar-refractivity contribution in [2.24, 2.45) is 5.73 Å². The van der Waals surface area contributed by atoms with E-state index in [1.165, 1.54) is 0 Å². The number of carbonyl (C=O) groups excluding carboxylic acids is 2. The number of carbonyl (C=O) groups is 2. The molecule has 0 bridgehead atoms. The first-order valence-corrected chi connectivity index (χ1v) is 9.87. The van der Waals surface area contributed by atoms with Crippen LogP contribution in [-0.2, 0) is 17.8 Å². The third-order valence-electron chi connectivity index (χ3n) is 5.87. The number of aryl methyl sites for hydroxylation is 1. The zero-order valence-electron chi connectivity index (χ0n) is 15.8. The van der Waals surface area contributed by atoms with Gasteiger partial charge in [0.2, 0.25) is 0 Å². The number of pyridine rings is 1. The highest BCUT2D eigenvalue weighted by atomic mass is 19.1. The lowest BCUT2D eigenvalue weighted by Crippen LogP contribution is -2.48. The van der Waals surface area contributed by atoms with Gasteiger partial charge >= 0.3 is 0 Å². The normalized spacial score (nSPS) is 23.5. The number of Topliss-reactive ketones (excluding diaryl/α,β-unsaturated/α-hetero) is 1. The summed E-state index contributed by atoms with van der Waals surface area (Å²) < 4.78 is 22.4. The number of nitrogens with two attached hydrogens (primary N) is 1. The molecule has 0 aliphatic carbocycles. The van der Waals surface area contributed by atoms with Gasteiger partial charge in [-0.3, -0.25) is 9.59 Å². The Balaban J connectivity index is 1.60. The standard InChI is InChI=1S/C20H22FN5O3/c21-17-11-7-23-20(28)16(11)18(10-6-14-15(27)2-1-4-26(14)8-10)25-19(17)24-13-3-5-29-9-12(13)22/h6,8,12-13H,1-5,7,9,22H2,(H,23,28)(H,24,25)/t12-,13+/m0/s1. The van der Waals surface area contributed by atoms with E-state index in [2.05, 4.69) is 15.6 Å². The SMILES string of the molecule is N[C@H]1COCC[C@H]1Nc1nc(-c2cc3n(c2)CCCC3=O)c2c(c1F)CNC2=O. The predicted octanol–water partition coefficient (Wildman–Crippen LogP) is 1.44. The Hall–Kier alpha value is -2.78. The Kier molecular flexibility index (Phi) is 4.36. The number of amides is 1. The summed E-state index contributed by atoms with van der Waals surface area (Å²) in [6.07, 6.45) is 3.75. The molecule has 5 rings (SSSR count). The fourth-order valence-corrected chi connectivity index (χ4v) is 4.30. The van der Waals surface area contributed by atoms with Crippen molar-refractivity contribution in [3.05, 3.63) is 34.9 Å². The minimum absolute atomic E-state index is 0.0669. The number of rotatable bonds is 3. The summed E-state index contributed by atoms with van der Waals surface area (Å²) in [7, 11) is 0. The van der Waals surface area contributed by atoms with Crippen LogP contribution >= 0.6 is 0 Å². The van der Waals surface area contributed by atoms with E-state index >= 15 is 4.39 Å². The van der Waals surface area contributed by atoms with Gasteiger partial charge in [0, 0.05) is 55.5 Å². The lowest BCUT2D eigenvalue weighted by atomic mass is 10.0. The molecule has 2 aromatic heterocycles. The van der Waals surface area contributed by atoms with E-state index in [0.717, 1.165) is 13.0 Å². The minimum atomic E-state index is -0.541. The first-order valence-electron chi connectivity index (χ1n) is 9.87. The number of ketones is 1. The van der Waals surface area contributed by atoms with Gasteiger partial charge in [-0.15, -0.1) is 0 Å². The van der Waals surface area contributed by atoms with E-state index in [-0.39, 0.29) is 41.7 Å². The number of anilines is 1. The Labute approximate surface area is 166 Å². The van der Waals surface area contributed by atoms with Crippen LogP contribution in [-0.4, -0.2) is 46.5 Å². The maximum atomic E-state index is 15.2. The quantitative estimate of drug-likeness (QED) is 0.720. The van der Waals surface area contributed by atoms with E-state index in [1.807, 2.05) is 10.8 Å². The topological polar surface area (TPSA) is 111 Å². The number of ether oxygens (including phenoxy) is 1. The largest absolute Gasteiger partial charge is 0.380 e. The maximum Gasteiger partial charge on any atom is 0.254 e. The van der Waals surface area contributed by atoms with Gasteiger partial charge in [0.1, 0.15) is 0 Å². The Morgan fingerprint density at radius 2 is 2.24 bits per heavy atom. The second kappa shape index (κ2) is 6.93. The highest BCUT2D eigenvalue weighted by molar-refractivity contribution is 6.05. The van der Waals surface area contributed by atoms with Gasteiger partial charge in [-0.25, -0.2) is 9.37 Å². The van der Waals surface area contributed by atoms with E-state index < -0.39 is 5.82 Å². The van der Waals surface area contributed by atoms with Crippen LogP contribution in [0.1, 0.15) is 45.7 Å². The number of hydrogen-bond donors (Lipinski definition) is 3. The molecule has 29 heavy (non-hydrogen) atoms. The zero-order chi connectivity index (χ0) is 20.1. The van der Waals surface area contributed by atoms with Gasteiger partial charge < -0.3 is 25.7 Å². The number of halogens is 1. The average molecular weight is 399 g/mol. The molecule has 0 spiro atoms.